The lowest BCUT2D eigenvalue weighted by Gasteiger charge is -2.37. The summed E-state index contributed by atoms with van der Waals surface area (Å²) in [4.78, 5) is 72.4. The van der Waals surface area contributed by atoms with Gasteiger partial charge in [-0.25, -0.2) is 14.4 Å². The number of allylic oxidation sites excluding steroid dienone is 1. The first-order valence-electron chi connectivity index (χ1n) is 16.9. The van der Waals surface area contributed by atoms with Crippen molar-refractivity contribution in [2.24, 2.45) is 10.9 Å². The standard InChI is InChI=1S/C36H39Br2N5O8/c1-2-50-34(47)33(46)41-15-9-23(10-16-41)6-5-14-39-32(45)30(22-24-20-27(37)31(44)28(38)21-24)51-36(49)42-17-12-26(13-18-42)43-19-11-25-7-3-4-8-29(25)40-35(43)48/h3-4,6-8,20-21,23,26,30,44H,2,9-13,15-19,22H2,1H3,(H,40,48)/t30-/m1/s1. The molecule has 5 amide bonds. The SMILES string of the molecule is CCOC(=O)C(=O)N1CCC(C=C=C=NC(=O)[C@@H](Cc2cc(Br)c(O)c(Br)c2)OC(=O)N2CCC(N3CCc4ccccc4NC3=O)CC2)CC1. The zero-order chi connectivity index (χ0) is 36.5. The molecule has 13 nitrogen and oxygen atoms in total. The summed E-state index contributed by atoms with van der Waals surface area (Å²) in [7, 11) is 0. The number of rotatable bonds is 7. The number of phenolic OH excluding ortho intramolecular Hbond substituents is 1. The van der Waals surface area contributed by atoms with Gasteiger partial charge in [-0.2, -0.15) is 4.99 Å². The normalized spacial score (nSPS) is 17.2. The van der Waals surface area contributed by atoms with E-state index in [2.05, 4.69) is 53.8 Å². The van der Waals surface area contributed by atoms with Crippen molar-refractivity contribution in [3.8, 4) is 5.75 Å². The number of halogens is 2. The van der Waals surface area contributed by atoms with E-state index < -0.39 is 30.0 Å². The summed E-state index contributed by atoms with van der Waals surface area (Å²) < 4.78 is 11.3. The lowest BCUT2D eigenvalue weighted by Crippen LogP contribution is -2.50. The minimum atomic E-state index is -1.29. The van der Waals surface area contributed by atoms with E-state index in [1.165, 1.54) is 9.80 Å². The average Bonchev–Trinajstić information content (AvgIpc) is 3.30. The lowest BCUT2D eigenvalue weighted by molar-refractivity contribution is -0.160. The summed E-state index contributed by atoms with van der Waals surface area (Å²) in [6.45, 7) is 3.78. The molecule has 2 saturated heterocycles. The molecule has 0 unspecified atom stereocenters. The third-order valence-corrected chi connectivity index (χ3v) is 10.4. The molecule has 2 aromatic carbocycles. The number of esters is 1. The summed E-state index contributed by atoms with van der Waals surface area (Å²) in [6, 6.07) is 10.8. The van der Waals surface area contributed by atoms with Gasteiger partial charge in [0.1, 0.15) is 5.75 Å². The van der Waals surface area contributed by atoms with E-state index in [-0.39, 0.29) is 36.8 Å². The zero-order valence-corrected chi connectivity index (χ0v) is 31.3. The highest BCUT2D eigenvalue weighted by Gasteiger charge is 2.34. The number of likely N-dealkylation sites (tertiary alicyclic amines) is 2. The van der Waals surface area contributed by atoms with E-state index >= 15 is 0 Å². The number of piperidine rings is 2. The molecule has 0 bridgehead atoms. The van der Waals surface area contributed by atoms with Crippen molar-refractivity contribution in [2.75, 3.05) is 44.6 Å². The number of hydrogen-bond donors (Lipinski definition) is 2. The molecule has 3 aliphatic rings. The van der Waals surface area contributed by atoms with Crippen molar-refractivity contribution in [1.29, 1.82) is 0 Å². The first-order valence-corrected chi connectivity index (χ1v) is 18.4. The van der Waals surface area contributed by atoms with Crippen molar-refractivity contribution < 1.29 is 38.6 Å². The van der Waals surface area contributed by atoms with Crippen molar-refractivity contribution in [3.63, 3.8) is 0 Å². The third kappa shape index (κ3) is 9.89. The first-order chi connectivity index (χ1) is 24.5. The first kappa shape index (κ1) is 37.8. The maximum Gasteiger partial charge on any atom is 0.410 e. The Hall–Kier alpha value is -4.42. The highest BCUT2D eigenvalue weighted by Crippen LogP contribution is 2.34. The van der Waals surface area contributed by atoms with Crippen LogP contribution in [-0.4, -0.2) is 107 Å². The van der Waals surface area contributed by atoms with Gasteiger partial charge in [0.05, 0.1) is 15.6 Å². The largest absolute Gasteiger partial charge is 0.506 e. The van der Waals surface area contributed by atoms with Crippen molar-refractivity contribution in [1.82, 2.24) is 14.7 Å². The summed E-state index contributed by atoms with van der Waals surface area (Å²) in [5.41, 5.74) is 5.28. The topological polar surface area (TPSA) is 158 Å². The number of hydrogen-bond acceptors (Lipinski definition) is 8. The van der Waals surface area contributed by atoms with Crippen LogP contribution in [0.1, 0.15) is 43.7 Å². The number of benzene rings is 2. The Morgan fingerprint density at radius 2 is 1.69 bits per heavy atom. The molecule has 2 fully saturated rings. The number of fused-ring (bicyclic) bond motifs is 1. The number of phenols is 1. The Morgan fingerprint density at radius 1 is 1.02 bits per heavy atom. The van der Waals surface area contributed by atoms with Crippen LogP contribution < -0.4 is 5.32 Å². The van der Waals surface area contributed by atoms with Crippen LogP contribution in [0.4, 0.5) is 15.3 Å². The molecule has 0 aromatic heterocycles. The monoisotopic (exact) mass is 827 g/mol. The van der Waals surface area contributed by atoms with Crippen LogP contribution in [0.3, 0.4) is 0 Å². The van der Waals surface area contributed by atoms with Gasteiger partial charge < -0.3 is 34.6 Å². The molecule has 15 heteroatoms. The molecule has 2 aromatic rings. The van der Waals surface area contributed by atoms with Gasteiger partial charge in [0, 0.05) is 56.7 Å². The summed E-state index contributed by atoms with van der Waals surface area (Å²) in [5, 5.41) is 13.2. The van der Waals surface area contributed by atoms with Crippen LogP contribution in [0.2, 0.25) is 0 Å². The van der Waals surface area contributed by atoms with Gasteiger partial charge in [-0.1, -0.05) is 23.9 Å². The summed E-state index contributed by atoms with van der Waals surface area (Å²) in [6.07, 6.45) is 2.74. The average molecular weight is 830 g/mol. The number of carbonyl (C=O) groups excluding carboxylic acids is 5. The number of anilines is 1. The smallest absolute Gasteiger partial charge is 0.410 e. The summed E-state index contributed by atoms with van der Waals surface area (Å²) >= 11 is 6.60. The molecule has 0 saturated carbocycles. The van der Waals surface area contributed by atoms with Crippen LogP contribution in [0.15, 0.2) is 62.1 Å². The summed E-state index contributed by atoms with van der Waals surface area (Å²) in [5.74, 6) is 0.284. The van der Waals surface area contributed by atoms with Gasteiger partial charge in [0.2, 0.25) is 0 Å². The van der Waals surface area contributed by atoms with Crippen LogP contribution in [0.25, 0.3) is 0 Å². The van der Waals surface area contributed by atoms with Crippen molar-refractivity contribution in [2.45, 2.75) is 57.6 Å². The fourth-order valence-electron chi connectivity index (χ4n) is 6.33. The number of nitrogens with one attached hydrogen (secondary N) is 1. The third-order valence-electron chi connectivity index (χ3n) is 9.15. The molecular weight excluding hydrogens is 790 g/mol. The second kappa shape index (κ2) is 17.7. The second-order valence-electron chi connectivity index (χ2n) is 12.5. The van der Waals surface area contributed by atoms with Crippen molar-refractivity contribution >= 4 is 73.3 Å². The Morgan fingerprint density at radius 3 is 2.37 bits per heavy atom. The van der Waals surface area contributed by atoms with Gasteiger partial charge in [-0.05, 0) is 112 Å². The highest BCUT2D eigenvalue weighted by molar-refractivity contribution is 9.11. The van der Waals surface area contributed by atoms with E-state index in [1.807, 2.05) is 29.2 Å². The minimum Gasteiger partial charge on any atom is -0.506 e. The molecule has 2 N–H and O–H groups in total. The molecule has 3 aliphatic heterocycles. The number of ether oxygens (including phenoxy) is 2. The molecule has 0 aliphatic carbocycles. The van der Waals surface area contributed by atoms with Gasteiger partial charge in [0.15, 0.2) is 6.10 Å². The fraction of sp³-hybridized carbons (Fsp3) is 0.444. The Labute approximate surface area is 312 Å². The molecule has 51 heavy (non-hydrogen) atoms. The Balaban J connectivity index is 1.21. The number of urea groups is 1. The van der Waals surface area contributed by atoms with Crippen LogP contribution in [-0.2, 0) is 36.7 Å². The molecule has 0 spiro atoms. The van der Waals surface area contributed by atoms with Gasteiger partial charge in [-0.3, -0.25) is 9.59 Å². The van der Waals surface area contributed by atoms with E-state index in [4.69, 9.17) is 9.47 Å². The van der Waals surface area contributed by atoms with E-state index in [1.54, 1.807) is 25.1 Å². The van der Waals surface area contributed by atoms with E-state index in [0.717, 1.165) is 17.7 Å². The number of amides is 5. The Bertz CT molecular complexity index is 1730. The van der Waals surface area contributed by atoms with E-state index in [0.29, 0.717) is 72.9 Å². The lowest BCUT2D eigenvalue weighted by atomic mass is 9.97. The molecule has 270 valence electrons. The molecule has 5 rings (SSSR count). The molecule has 0 radical (unpaired) electrons. The number of aliphatic imine (C=N–C) groups is 1. The number of carbonyl (C=O) groups is 5. The maximum absolute atomic E-state index is 13.4. The van der Waals surface area contributed by atoms with Crippen molar-refractivity contribution in [3.05, 3.63) is 68.3 Å². The second-order valence-corrected chi connectivity index (χ2v) is 14.2. The van der Waals surface area contributed by atoms with Crippen LogP contribution >= 0.6 is 31.9 Å². The van der Waals surface area contributed by atoms with Crippen LogP contribution in [0.5, 0.6) is 5.75 Å². The van der Waals surface area contributed by atoms with Gasteiger partial charge in [-0.15, -0.1) is 0 Å². The number of nitrogens with zero attached hydrogens (tertiary/aromatic N) is 4. The highest BCUT2D eigenvalue weighted by atomic mass is 79.9. The predicted molar refractivity (Wildman–Crippen MR) is 194 cm³/mol. The maximum atomic E-state index is 13.4. The van der Waals surface area contributed by atoms with Crippen LogP contribution in [0, 0.1) is 5.92 Å². The fourth-order valence-corrected chi connectivity index (χ4v) is 7.61. The van der Waals surface area contributed by atoms with Gasteiger partial charge >= 0.3 is 24.0 Å². The quantitative estimate of drug-likeness (QED) is 0.166. The predicted octanol–water partition coefficient (Wildman–Crippen LogP) is 5.23. The molecular formula is C36H39Br2N5O8. The molecule has 3 heterocycles. The molecule has 1 atom stereocenters. The van der Waals surface area contributed by atoms with Gasteiger partial charge in [0.25, 0.3) is 5.91 Å². The Kier molecular flexibility index (Phi) is 13.1. The minimum absolute atomic E-state index is 0.00866. The number of aromatic hydroxyl groups is 1. The number of para-hydroxylation sites is 1. The zero-order valence-electron chi connectivity index (χ0n) is 28.1. The van der Waals surface area contributed by atoms with E-state index in [9.17, 15) is 29.1 Å².